The molecule has 0 bridgehead atoms. The summed E-state index contributed by atoms with van der Waals surface area (Å²) in [4.78, 5) is 11.6. The van der Waals surface area contributed by atoms with Gasteiger partial charge in [-0.1, -0.05) is 51.1 Å². The first-order chi connectivity index (χ1) is 9.06. The van der Waals surface area contributed by atoms with Crippen molar-refractivity contribution < 1.29 is 9.53 Å². The number of ether oxygens (including phenoxy) is 1. The number of esters is 1. The normalized spacial score (nSPS) is 14.2. The molecule has 3 heteroatoms. The van der Waals surface area contributed by atoms with Crippen molar-refractivity contribution in [2.75, 3.05) is 13.7 Å². The molecule has 0 aliphatic heterocycles. The minimum Gasteiger partial charge on any atom is -0.468 e. The molecule has 1 aromatic rings. The van der Waals surface area contributed by atoms with E-state index in [0.29, 0.717) is 5.92 Å². The van der Waals surface area contributed by atoms with E-state index >= 15 is 0 Å². The van der Waals surface area contributed by atoms with Gasteiger partial charge in [-0.25, -0.2) is 0 Å². The number of methoxy groups -OCH3 is 1. The van der Waals surface area contributed by atoms with Gasteiger partial charge in [0.15, 0.2) is 0 Å². The van der Waals surface area contributed by atoms with Crippen molar-refractivity contribution in [3.05, 3.63) is 35.9 Å². The van der Waals surface area contributed by atoms with Crippen LogP contribution in [-0.4, -0.2) is 25.7 Å². The maximum Gasteiger partial charge on any atom is 0.323 e. The number of carbonyl (C=O) groups is 1. The van der Waals surface area contributed by atoms with Gasteiger partial charge in [-0.2, -0.15) is 0 Å². The van der Waals surface area contributed by atoms with Crippen molar-refractivity contribution in [3.8, 4) is 0 Å². The second kappa shape index (κ2) is 7.95. The zero-order valence-corrected chi connectivity index (χ0v) is 12.3. The quantitative estimate of drug-likeness (QED) is 0.769. The summed E-state index contributed by atoms with van der Waals surface area (Å²) in [5.41, 5.74) is 1.34. The zero-order chi connectivity index (χ0) is 14.3. The molecule has 0 spiro atoms. The monoisotopic (exact) mass is 263 g/mol. The lowest BCUT2D eigenvalue weighted by Crippen LogP contribution is -2.42. The molecule has 1 rings (SSSR count). The number of hydrogen-bond acceptors (Lipinski definition) is 3. The summed E-state index contributed by atoms with van der Waals surface area (Å²) in [6.45, 7) is 7.07. The molecule has 0 saturated carbocycles. The number of rotatable bonds is 7. The Kier molecular flexibility index (Phi) is 6.57. The smallest absolute Gasteiger partial charge is 0.323 e. The van der Waals surface area contributed by atoms with Gasteiger partial charge in [0.1, 0.15) is 6.04 Å². The van der Waals surface area contributed by atoms with Crippen molar-refractivity contribution >= 4 is 5.97 Å². The molecule has 0 radical (unpaired) electrons. The molecule has 1 aromatic carbocycles. The van der Waals surface area contributed by atoms with Gasteiger partial charge in [0.2, 0.25) is 0 Å². The van der Waals surface area contributed by atoms with Crippen LogP contribution in [0.3, 0.4) is 0 Å². The van der Waals surface area contributed by atoms with Crippen LogP contribution >= 0.6 is 0 Å². The van der Waals surface area contributed by atoms with Crippen LogP contribution in [0, 0.1) is 5.92 Å². The molecule has 1 N–H and O–H groups in total. The van der Waals surface area contributed by atoms with Crippen LogP contribution < -0.4 is 5.32 Å². The fourth-order valence-corrected chi connectivity index (χ4v) is 2.12. The average Bonchev–Trinajstić information content (AvgIpc) is 2.43. The highest BCUT2D eigenvalue weighted by atomic mass is 16.5. The standard InChI is InChI=1S/C16H25NO2/c1-12(2)15(16(18)19-4)17-11-10-13(3)14-8-6-5-7-9-14/h5-9,12-13,15,17H,10-11H2,1-4H3/t13?,15-/m0/s1. The minimum atomic E-state index is -0.215. The summed E-state index contributed by atoms with van der Waals surface area (Å²) in [6.07, 6.45) is 1.00. The summed E-state index contributed by atoms with van der Waals surface area (Å²) < 4.78 is 4.81. The van der Waals surface area contributed by atoms with Gasteiger partial charge in [0.05, 0.1) is 7.11 Å². The number of benzene rings is 1. The molecule has 0 fully saturated rings. The second-order valence-corrected chi connectivity index (χ2v) is 5.30. The zero-order valence-electron chi connectivity index (χ0n) is 12.3. The predicted octanol–water partition coefficient (Wildman–Crippen LogP) is 2.97. The molecule has 3 nitrogen and oxygen atoms in total. The highest BCUT2D eigenvalue weighted by Gasteiger charge is 2.22. The maximum atomic E-state index is 11.6. The van der Waals surface area contributed by atoms with Gasteiger partial charge in [0, 0.05) is 0 Å². The molecule has 0 aliphatic carbocycles. The summed E-state index contributed by atoms with van der Waals surface area (Å²) in [5.74, 6) is 0.543. The van der Waals surface area contributed by atoms with E-state index in [1.165, 1.54) is 12.7 Å². The third-order valence-electron chi connectivity index (χ3n) is 3.43. The van der Waals surface area contributed by atoms with Gasteiger partial charge in [-0.3, -0.25) is 4.79 Å². The summed E-state index contributed by atoms with van der Waals surface area (Å²) in [6, 6.07) is 10.2. The largest absolute Gasteiger partial charge is 0.468 e. The molecule has 0 amide bonds. The number of hydrogen-bond donors (Lipinski definition) is 1. The van der Waals surface area contributed by atoms with Crippen molar-refractivity contribution in [1.82, 2.24) is 5.32 Å². The van der Waals surface area contributed by atoms with E-state index in [-0.39, 0.29) is 17.9 Å². The number of carbonyl (C=O) groups excluding carboxylic acids is 1. The first-order valence-electron chi connectivity index (χ1n) is 6.92. The fraction of sp³-hybridized carbons (Fsp3) is 0.562. The third kappa shape index (κ3) is 5.03. The van der Waals surface area contributed by atoms with Crippen molar-refractivity contribution in [2.45, 2.75) is 39.2 Å². The highest BCUT2D eigenvalue weighted by molar-refractivity contribution is 5.75. The van der Waals surface area contributed by atoms with Crippen LogP contribution in [0.4, 0.5) is 0 Å². The van der Waals surface area contributed by atoms with Gasteiger partial charge in [-0.05, 0) is 30.4 Å². The van der Waals surface area contributed by atoms with E-state index in [9.17, 15) is 4.79 Å². The highest BCUT2D eigenvalue weighted by Crippen LogP contribution is 2.17. The van der Waals surface area contributed by atoms with Crippen LogP contribution in [-0.2, 0) is 9.53 Å². The van der Waals surface area contributed by atoms with Crippen LogP contribution in [0.1, 0.15) is 38.7 Å². The molecular formula is C16H25NO2. The molecule has 0 saturated heterocycles. The Hall–Kier alpha value is -1.35. The van der Waals surface area contributed by atoms with E-state index in [1.54, 1.807) is 0 Å². The molecule has 0 aromatic heterocycles. The van der Waals surface area contributed by atoms with Crippen molar-refractivity contribution in [2.24, 2.45) is 5.92 Å². The van der Waals surface area contributed by atoms with Gasteiger partial charge in [-0.15, -0.1) is 0 Å². The van der Waals surface area contributed by atoms with E-state index < -0.39 is 0 Å². The molecule has 106 valence electrons. The lowest BCUT2D eigenvalue weighted by Gasteiger charge is -2.21. The SMILES string of the molecule is COC(=O)[C@@H](NCCC(C)c1ccccc1)C(C)C. The molecule has 19 heavy (non-hydrogen) atoms. The Labute approximate surface area is 116 Å². The summed E-state index contributed by atoms with van der Waals surface area (Å²) >= 11 is 0. The topological polar surface area (TPSA) is 38.3 Å². The van der Waals surface area contributed by atoms with Crippen LogP contribution in [0.2, 0.25) is 0 Å². The average molecular weight is 263 g/mol. The lowest BCUT2D eigenvalue weighted by atomic mass is 9.97. The molecule has 1 unspecified atom stereocenters. The van der Waals surface area contributed by atoms with Crippen molar-refractivity contribution in [1.29, 1.82) is 0 Å². The van der Waals surface area contributed by atoms with Crippen molar-refractivity contribution in [3.63, 3.8) is 0 Å². The molecule has 0 heterocycles. The van der Waals surface area contributed by atoms with Crippen LogP contribution in [0.5, 0.6) is 0 Å². The Morgan fingerprint density at radius 2 is 1.84 bits per heavy atom. The Bertz CT molecular complexity index is 376. The Morgan fingerprint density at radius 3 is 2.37 bits per heavy atom. The number of nitrogens with one attached hydrogen (secondary N) is 1. The summed E-state index contributed by atoms with van der Waals surface area (Å²) in [5, 5.41) is 3.30. The Morgan fingerprint density at radius 1 is 1.21 bits per heavy atom. The van der Waals surface area contributed by atoms with E-state index in [4.69, 9.17) is 4.74 Å². The van der Waals surface area contributed by atoms with Crippen LogP contribution in [0.15, 0.2) is 30.3 Å². The van der Waals surface area contributed by atoms with E-state index in [2.05, 4.69) is 36.5 Å². The summed E-state index contributed by atoms with van der Waals surface area (Å²) in [7, 11) is 1.44. The second-order valence-electron chi connectivity index (χ2n) is 5.30. The maximum absolute atomic E-state index is 11.6. The molecule has 0 aliphatic rings. The molecule has 2 atom stereocenters. The first-order valence-corrected chi connectivity index (χ1v) is 6.92. The minimum absolute atomic E-state index is 0.178. The van der Waals surface area contributed by atoms with E-state index in [1.807, 2.05) is 19.9 Å². The Balaban J connectivity index is 2.42. The molecular weight excluding hydrogens is 238 g/mol. The van der Waals surface area contributed by atoms with Crippen LogP contribution in [0.25, 0.3) is 0 Å². The van der Waals surface area contributed by atoms with E-state index in [0.717, 1.165) is 13.0 Å². The fourth-order valence-electron chi connectivity index (χ4n) is 2.12. The first kappa shape index (κ1) is 15.7. The predicted molar refractivity (Wildman–Crippen MR) is 78.1 cm³/mol. The van der Waals surface area contributed by atoms with Gasteiger partial charge in [0.25, 0.3) is 0 Å². The van der Waals surface area contributed by atoms with Gasteiger partial charge >= 0.3 is 5.97 Å². The van der Waals surface area contributed by atoms with Gasteiger partial charge < -0.3 is 10.1 Å². The lowest BCUT2D eigenvalue weighted by molar-refractivity contribution is -0.144. The third-order valence-corrected chi connectivity index (χ3v) is 3.43.